The van der Waals surface area contributed by atoms with E-state index < -0.39 is 10.8 Å². The number of anilines is 2. The second-order valence-corrected chi connectivity index (χ2v) is 10.4. The number of allylic oxidation sites excluding steroid dienone is 2. The number of aryl methyl sites for hydroxylation is 1. The van der Waals surface area contributed by atoms with Crippen molar-refractivity contribution in [3.05, 3.63) is 116 Å². The van der Waals surface area contributed by atoms with E-state index >= 15 is 0 Å². The number of Topliss-reactive ketones (excluding diaryl/α,β-unsaturated/α-hetero) is 1. The highest BCUT2D eigenvalue weighted by Gasteiger charge is 2.43. The Morgan fingerprint density at radius 1 is 1.05 bits per heavy atom. The first kappa shape index (κ1) is 27.8. The minimum Gasteiger partial charge on any atom is -0.507 e. The molecule has 1 heterocycles. The molecule has 3 aromatic rings. The van der Waals surface area contributed by atoms with Gasteiger partial charge in [0.25, 0.3) is 5.69 Å². The molecule has 0 spiro atoms. The first-order chi connectivity index (χ1) is 19.8. The Labute approximate surface area is 239 Å². The van der Waals surface area contributed by atoms with Crippen LogP contribution in [0.4, 0.5) is 17.1 Å². The van der Waals surface area contributed by atoms with Gasteiger partial charge in [-0.1, -0.05) is 48.5 Å². The molecule has 2 N–H and O–H groups in total. The van der Waals surface area contributed by atoms with Gasteiger partial charge in [0.05, 0.1) is 10.6 Å². The van der Waals surface area contributed by atoms with Gasteiger partial charge >= 0.3 is 0 Å². The predicted octanol–water partition coefficient (Wildman–Crippen LogP) is 7.31. The third kappa shape index (κ3) is 5.01. The molecule has 0 radical (unpaired) electrons. The number of rotatable bonds is 7. The third-order valence-corrected chi connectivity index (χ3v) is 8.06. The van der Waals surface area contributed by atoms with Gasteiger partial charge < -0.3 is 10.0 Å². The maximum absolute atomic E-state index is 13.8. The summed E-state index contributed by atoms with van der Waals surface area (Å²) in [6.07, 6.45) is 1.52. The highest BCUT2D eigenvalue weighted by Crippen LogP contribution is 2.48. The Balaban J connectivity index is 1.80. The van der Waals surface area contributed by atoms with E-state index in [1.807, 2.05) is 49.4 Å². The molecule has 1 aliphatic carbocycles. The lowest BCUT2D eigenvalue weighted by atomic mass is 9.73. The number of aliphatic hydroxyl groups excluding tert-OH is 1. The topological polar surface area (TPSA) is 111 Å². The quantitative estimate of drug-likeness (QED) is 0.181. The number of non-ortho nitro benzene ring substituents is 1. The van der Waals surface area contributed by atoms with Crippen LogP contribution in [-0.2, 0) is 4.79 Å². The lowest BCUT2D eigenvalue weighted by Crippen LogP contribution is -2.42. The van der Waals surface area contributed by atoms with Crippen LogP contribution in [-0.4, -0.2) is 34.7 Å². The van der Waals surface area contributed by atoms with Crippen molar-refractivity contribution < 1.29 is 14.8 Å². The van der Waals surface area contributed by atoms with E-state index in [0.29, 0.717) is 47.4 Å². The average molecular weight is 551 g/mol. The Bertz CT molecular complexity index is 1570. The van der Waals surface area contributed by atoms with Crippen molar-refractivity contribution in [3.8, 4) is 0 Å². The zero-order chi connectivity index (χ0) is 29.3. The van der Waals surface area contributed by atoms with Crippen LogP contribution in [0.1, 0.15) is 55.7 Å². The second kappa shape index (κ2) is 11.4. The van der Waals surface area contributed by atoms with Crippen LogP contribution in [0, 0.1) is 22.4 Å². The maximum atomic E-state index is 13.8. The summed E-state index contributed by atoms with van der Waals surface area (Å²) in [5, 5.41) is 33.0. The van der Waals surface area contributed by atoms with E-state index in [2.05, 4.69) is 18.7 Å². The molecular formula is C33H34N4O4. The van der Waals surface area contributed by atoms with Crippen LogP contribution in [0.5, 0.6) is 0 Å². The summed E-state index contributed by atoms with van der Waals surface area (Å²) in [6, 6.07) is 21.5. The maximum Gasteiger partial charge on any atom is 0.271 e. The molecule has 0 fully saturated rings. The predicted molar refractivity (Wildman–Crippen MR) is 163 cm³/mol. The molecule has 1 atom stereocenters. The summed E-state index contributed by atoms with van der Waals surface area (Å²) in [6.45, 7) is 7.74. The summed E-state index contributed by atoms with van der Waals surface area (Å²) in [5.74, 6) is -0.790. The molecule has 0 aromatic heterocycles. The molecule has 0 bridgehead atoms. The fraction of sp³-hybridized carbons (Fsp3) is 0.273. The van der Waals surface area contributed by atoms with Crippen LogP contribution in [0.3, 0.4) is 0 Å². The van der Waals surface area contributed by atoms with E-state index in [1.165, 1.54) is 12.1 Å². The Morgan fingerprint density at radius 3 is 2.37 bits per heavy atom. The number of carbonyl (C=O) groups excluding carboxylic acids is 1. The molecule has 1 aliphatic heterocycles. The number of nitrogens with one attached hydrogen (secondary N) is 1. The smallest absolute Gasteiger partial charge is 0.271 e. The number of nitrogens with zero attached hydrogens (tertiary/aromatic N) is 3. The normalized spacial score (nSPS) is 18.3. The van der Waals surface area contributed by atoms with Crippen molar-refractivity contribution in [2.24, 2.45) is 0 Å². The summed E-state index contributed by atoms with van der Waals surface area (Å²) in [4.78, 5) is 28.9. The average Bonchev–Trinajstić information content (AvgIpc) is 2.98. The Kier molecular flexibility index (Phi) is 7.75. The number of nitro groups is 1. The van der Waals surface area contributed by atoms with Gasteiger partial charge in [-0.3, -0.25) is 25.2 Å². The third-order valence-electron chi connectivity index (χ3n) is 8.06. The van der Waals surface area contributed by atoms with E-state index in [0.717, 1.165) is 29.9 Å². The molecule has 3 aromatic carbocycles. The van der Waals surface area contributed by atoms with Gasteiger partial charge in [0.1, 0.15) is 11.6 Å². The molecule has 0 saturated carbocycles. The molecule has 0 saturated heterocycles. The molecule has 0 amide bonds. The van der Waals surface area contributed by atoms with Gasteiger partial charge in [-0.25, -0.2) is 0 Å². The molecule has 5 rings (SSSR count). The minimum atomic E-state index is -0.661. The zero-order valence-electron chi connectivity index (χ0n) is 23.6. The minimum absolute atomic E-state index is 0.00113. The van der Waals surface area contributed by atoms with Crippen molar-refractivity contribution in [2.75, 3.05) is 22.9 Å². The largest absolute Gasteiger partial charge is 0.507 e. The second-order valence-electron chi connectivity index (χ2n) is 10.4. The first-order valence-corrected chi connectivity index (χ1v) is 14.0. The lowest BCUT2D eigenvalue weighted by Gasteiger charge is -2.42. The molecule has 1 unspecified atom stereocenters. The van der Waals surface area contributed by atoms with Gasteiger partial charge in [-0.05, 0) is 56.9 Å². The summed E-state index contributed by atoms with van der Waals surface area (Å²) in [7, 11) is 0. The standard InChI is InChI=1S/C33H34N4O4/c1-4-35(5-2)24-18-15-22(16-19-24)29-30-26(12-9-13-28(30)38)36(27-20-25(37(40)41)17-14-21(27)3)33(34)31(29)32(39)23-10-7-6-8-11-23/h6-8,10-11,14-20,29,34,39H,4-5,9,12-13H2,1-3H3/b32-31+,34-33?. The highest BCUT2D eigenvalue weighted by molar-refractivity contribution is 6.20. The lowest BCUT2D eigenvalue weighted by molar-refractivity contribution is -0.384. The van der Waals surface area contributed by atoms with Crippen molar-refractivity contribution in [3.63, 3.8) is 0 Å². The SMILES string of the molecule is CCN(CC)c1ccc(C2C3=C(CCCC3=O)N(c3cc([N+](=O)[O-])ccc3C)C(=N)/C2=C(/O)c2ccccc2)cc1. The molecular weight excluding hydrogens is 516 g/mol. The van der Waals surface area contributed by atoms with Crippen molar-refractivity contribution >= 4 is 34.4 Å². The van der Waals surface area contributed by atoms with E-state index in [1.54, 1.807) is 23.1 Å². The van der Waals surface area contributed by atoms with Crippen LogP contribution in [0.2, 0.25) is 0 Å². The number of ketones is 1. The van der Waals surface area contributed by atoms with Gasteiger partial charge in [-0.15, -0.1) is 0 Å². The fourth-order valence-corrected chi connectivity index (χ4v) is 5.96. The van der Waals surface area contributed by atoms with Crippen molar-refractivity contribution in [1.82, 2.24) is 0 Å². The number of aliphatic hydroxyl groups is 1. The van der Waals surface area contributed by atoms with E-state index in [4.69, 9.17) is 0 Å². The first-order valence-electron chi connectivity index (χ1n) is 14.0. The zero-order valence-corrected chi connectivity index (χ0v) is 23.6. The summed E-state index contributed by atoms with van der Waals surface area (Å²) < 4.78 is 0. The van der Waals surface area contributed by atoms with Gasteiger partial charge in [0, 0.05) is 65.7 Å². The fourth-order valence-electron chi connectivity index (χ4n) is 5.96. The highest BCUT2D eigenvalue weighted by atomic mass is 16.6. The molecule has 210 valence electrons. The number of hydrogen-bond acceptors (Lipinski definition) is 6. The van der Waals surface area contributed by atoms with Crippen molar-refractivity contribution in [1.29, 1.82) is 5.41 Å². The number of amidine groups is 1. The van der Waals surface area contributed by atoms with E-state index in [-0.39, 0.29) is 23.1 Å². The van der Waals surface area contributed by atoms with Crippen LogP contribution in [0.15, 0.2) is 89.6 Å². The number of carbonyl (C=O) groups is 1. The summed E-state index contributed by atoms with van der Waals surface area (Å²) in [5.41, 5.74) is 4.97. The number of hydrogen-bond donors (Lipinski definition) is 2. The monoisotopic (exact) mass is 550 g/mol. The van der Waals surface area contributed by atoms with E-state index in [9.17, 15) is 25.4 Å². The Morgan fingerprint density at radius 2 is 1.73 bits per heavy atom. The van der Waals surface area contributed by atoms with Crippen LogP contribution in [0.25, 0.3) is 5.76 Å². The van der Waals surface area contributed by atoms with Gasteiger partial charge in [-0.2, -0.15) is 0 Å². The van der Waals surface area contributed by atoms with Crippen molar-refractivity contribution in [2.45, 2.75) is 46.0 Å². The number of benzene rings is 3. The summed E-state index contributed by atoms with van der Waals surface area (Å²) >= 11 is 0. The van der Waals surface area contributed by atoms with Gasteiger partial charge in [0.2, 0.25) is 0 Å². The molecule has 2 aliphatic rings. The van der Waals surface area contributed by atoms with Gasteiger partial charge in [0.15, 0.2) is 5.78 Å². The Hall–Kier alpha value is -4.72. The molecule has 8 nitrogen and oxygen atoms in total. The molecule has 8 heteroatoms. The van der Waals surface area contributed by atoms with Crippen LogP contribution >= 0.6 is 0 Å². The molecule has 41 heavy (non-hydrogen) atoms. The van der Waals surface area contributed by atoms with Crippen LogP contribution < -0.4 is 9.80 Å². The number of nitro benzene ring substituents is 1.